The number of phosphoric acid groups is 1. The van der Waals surface area contributed by atoms with Crippen molar-refractivity contribution >= 4 is 19.8 Å². The lowest BCUT2D eigenvalue weighted by molar-refractivity contribution is -0.870. The van der Waals surface area contributed by atoms with E-state index in [0.717, 1.165) is 64.2 Å². The van der Waals surface area contributed by atoms with E-state index in [-0.39, 0.29) is 32.0 Å². The van der Waals surface area contributed by atoms with Crippen molar-refractivity contribution in [3.8, 4) is 0 Å². The molecule has 0 aliphatic rings. The van der Waals surface area contributed by atoms with Gasteiger partial charge >= 0.3 is 19.8 Å². The van der Waals surface area contributed by atoms with Gasteiger partial charge in [-0.15, -0.1) is 0 Å². The standard InChI is InChI=1S/C52H92NO8P/c1-6-8-10-12-14-16-18-20-22-23-24-25-26-27-28-29-31-32-34-36-38-40-42-44-51(54)58-48-50(49-60-62(56,57)59-47-46-53(3,4)5)61-52(55)45-43-41-39-37-35-33-30-21-19-17-15-13-11-9-7-2/h9,11,15,17-18,20-21,23-24,30,35,37,50H,6-8,10,12-14,16,19,22,25-29,31-34,36,38-49H2,1-5H3/p+1/b11-9-,17-15-,20-18-,24-23-,30-21-,37-35-. The summed E-state index contributed by atoms with van der Waals surface area (Å²) in [6.07, 6.45) is 55.3. The Labute approximate surface area is 380 Å². The van der Waals surface area contributed by atoms with E-state index in [0.29, 0.717) is 17.4 Å². The molecular weight excluding hydrogens is 798 g/mol. The molecule has 358 valence electrons. The molecule has 0 saturated heterocycles. The van der Waals surface area contributed by atoms with Gasteiger partial charge in [-0.2, -0.15) is 0 Å². The van der Waals surface area contributed by atoms with Crippen LogP contribution >= 0.6 is 7.82 Å². The second-order valence-corrected chi connectivity index (χ2v) is 18.9. The van der Waals surface area contributed by atoms with Crippen LogP contribution in [0, 0.1) is 0 Å². The number of phosphoric ester groups is 1. The molecule has 0 spiro atoms. The van der Waals surface area contributed by atoms with E-state index in [1.54, 1.807) is 0 Å². The van der Waals surface area contributed by atoms with Crippen LogP contribution in [0.15, 0.2) is 72.9 Å². The van der Waals surface area contributed by atoms with E-state index < -0.39 is 26.5 Å². The van der Waals surface area contributed by atoms with E-state index in [9.17, 15) is 19.0 Å². The third kappa shape index (κ3) is 46.9. The summed E-state index contributed by atoms with van der Waals surface area (Å²) in [5, 5.41) is 0. The van der Waals surface area contributed by atoms with Crippen LogP contribution in [0.5, 0.6) is 0 Å². The van der Waals surface area contributed by atoms with Gasteiger partial charge in [0.25, 0.3) is 0 Å². The normalized spacial score (nSPS) is 14.1. The number of hydrogen-bond acceptors (Lipinski definition) is 7. The van der Waals surface area contributed by atoms with Gasteiger partial charge in [0.05, 0.1) is 27.7 Å². The first-order chi connectivity index (χ1) is 30.0. The van der Waals surface area contributed by atoms with Crippen molar-refractivity contribution in [1.82, 2.24) is 0 Å². The van der Waals surface area contributed by atoms with E-state index >= 15 is 0 Å². The van der Waals surface area contributed by atoms with Gasteiger partial charge in [0.1, 0.15) is 19.8 Å². The fourth-order valence-electron chi connectivity index (χ4n) is 6.39. The molecule has 62 heavy (non-hydrogen) atoms. The molecule has 2 atom stereocenters. The molecule has 9 nitrogen and oxygen atoms in total. The summed E-state index contributed by atoms with van der Waals surface area (Å²) in [6.45, 7) is 4.24. The molecule has 0 bridgehead atoms. The average Bonchev–Trinajstić information content (AvgIpc) is 3.23. The monoisotopic (exact) mass is 891 g/mol. The number of ether oxygens (including phenoxy) is 2. The van der Waals surface area contributed by atoms with Crippen molar-refractivity contribution in [1.29, 1.82) is 0 Å². The fraction of sp³-hybridized carbons (Fsp3) is 0.731. The highest BCUT2D eigenvalue weighted by atomic mass is 31.2. The fourth-order valence-corrected chi connectivity index (χ4v) is 7.13. The largest absolute Gasteiger partial charge is 0.472 e. The van der Waals surface area contributed by atoms with Gasteiger partial charge in [-0.05, 0) is 83.5 Å². The van der Waals surface area contributed by atoms with Gasteiger partial charge in [-0.25, -0.2) is 4.57 Å². The Morgan fingerprint density at radius 3 is 1.40 bits per heavy atom. The second kappa shape index (κ2) is 43.7. The minimum absolute atomic E-state index is 0.0201. The number of quaternary nitrogens is 1. The Bertz CT molecular complexity index is 1280. The number of unbranched alkanes of at least 4 members (excludes halogenated alkanes) is 18. The highest BCUT2D eigenvalue weighted by Crippen LogP contribution is 2.43. The van der Waals surface area contributed by atoms with E-state index in [4.69, 9.17) is 18.5 Å². The van der Waals surface area contributed by atoms with Gasteiger partial charge < -0.3 is 18.9 Å². The molecule has 0 rings (SSSR count). The number of likely N-dealkylation sites (N-methyl/N-ethyl adjacent to an activating group) is 1. The zero-order chi connectivity index (χ0) is 45.7. The van der Waals surface area contributed by atoms with Gasteiger partial charge in [-0.1, -0.05) is 170 Å². The zero-order valence-electron chi connectivity index (χ0n) is 40.3. The maximum atomic E-state index is 12.7. The van der Waals surface area contributed by atoms with E-state index in [1.807, 2.05) is 21.1 Å². The Balaban J connectivity index is 4.29. The minimum Gasteiger partial charge on any atom is -0.462 e. The maximum absolute atomic E-state index is 12.7. The third-order valence-electron chi connectivity index (χ3n) is 10.2. The van der Waals surface area contributed by atoms with Gasteiger partial charge in [0.2, 0.25) is 0 Å². The molecule has 0 radical (unpaired) electrons. The van der Waals surface area contributed by atoms with Crippen molar-refractivity contribution in [2.24, 2.45) is 0 Å². The number of esters is 2. The van der Waals surface area contributed by atoms with E-state index in [2.05, 4.69) is 86.8 Å². The molecule has 2 unspecified atom stereocenters. The molecule has 10 heteroatoms. The van der Waals surface area contributed by atoms with E-state index in [1.165, 1.54) is 96.3 Å². The van der Waals surface area contributed by atoms with Crippen LogP contribution in [0.25, 0.3) is 0 Å². The SMILES string of the molecule is CC/C=C\C/C=C\C/C=C\C/C=C\CCCCC(=O)OC(COC(=O)CCCCCCCCCCCCC/C=C\C/C=C\CCCCCCC)COP(=O)(O)OCC[N+](C)(C)C. The first-order valence-electron chi connectivity index (χ1n) is 24.7. The molecule has 1 N–H and O–H groups in total. The second-order valence-electron chi connectivity index (χ2n) is 17.5. The number of hydrogen-bond donors (Lipinski definition) is 1. The first-order valence-corrected chi connectivity index (χ1v) is 26.2. The molecule has 0 aliphatic heterocycles. The smallest absolute Gasteiger partial charge is 0.462 e. The van der Waals surface area contributed by atoms with Crippen LogP contribution in [-0.2, 0) is 32.7 Å². The third-order valence-corrected chi connectivity index (χ3v) is 11.2. The summed E-state index contributed by atoms with van der Waals surface area (Å²) < 4.78 is 34.3. The predicted octanol–water partition coefficient (Wildman–Crippen LogP) is 14.6. The lowest BCUT2D eigenvalue weighted by Crippen LogP contribution is -2.37. The molecule has 0 aromatic heterocycles. The summed E-state index contributed by atoms with van der Waals surface area (Å²) in [7, 11) is 1.44. The van der Waals surface area contributed by atoms with Gasteiger partial charge in [0, 0.05) is 12.8 Å². The molecule has 0 aliphatic carbocycles. The number of allylic oxidation sites excluding steroid dienone is 12. The molecule has 0 amide bonds. The molecule has 0 heterocycles. The maximum Gasteiger partial charge on any atom is 0.472 e. The zero-order valence-corrected chi connectivity index (χ0v) is 41.2. The summed E-state index contributed by atoms with van der Waals surface area (Å²) in [5.74, 6) is -0.852. The number of carbonyl (C=O) groups is 2. The molecule has 0 fully saturated rings. The van der Waals surface area contributed by atoms with Crippen molar-refractivity contribution in [3.63, 3.8) is 0 Å². The Morgan fingerprint density at radius 2 is 0.919 bits per heavy atom. The Kier molecular flexibility index (Phi) is 41.9. The summed E-state index contributed by atoms with van der Waals surface area (Å²) in [5.41, 5.74) is 0. The van der Waals surface area contributed by atoms with Crippen molar-refractivity contribution in [2.75, 3.05) is 47.5 Å². The van der Waals surface area contributed by atoms with Crippen LogP contribution in [-0.4, -0.2) is 74.9 Å². The number of rotatable bonds is 44. The average molecular weight is 891 g/mol. The van der Waals surface area contributed by atoms with Crippen LogP contribution in [0.3, 0.4) is 0 Å². The summed E-state index contributed by atoms with van der Waals surface area (Å²) >= 11 is 0. The first kappa shape index (κ1) is 59.5. The van der Waals surface area contributed by atoms with Gasteiger partial charge in [-0.3, -0.25) is 18.6 Å². The van der Waals surface area contributed by atoms with Crippen molar-refractivity contribution in [2.45, 2.75) is 200 Å². The van der Waals surface area contributed by atoms with Crippen LogP contribution in [0.1, 0.15) is 194 Å². The predicted molar refractivity (Wildman–Crippen MR) is 261 cm³/mol. The molecular formula is C52H93NO8P+. The van der Waals surface area contributed by atoms with Crippen LogP contribution in [0.2, 0.25) is 0 Å². The quantitative estimate of drug-likeness (QED) is 0.0212. The Hall–Kier alpha value is -2.55. The molecule has 0 saturated carbocycles. The highest BCUT2D eigenvalue weighted by molar-refractivity contribution is 7.47. The highest BCUT2D eigenvalue weighted by Gasteiger charge is 2.27. The molecule has 0 aromatic rings. The number of carbonyl (C=O) groups excluding carboxylic acids is 2. The van der Waals surface area contributed by atoms with Gasteiger partial charge in [0.15, 0.2) is 6.10 Å². The lowest BCUT2D eigenvalue weighted by Gasteiger charge is -2.24. The minimum atomic E-state index is -4.39. The number of nitrogens with zero attached hydrogens (tertiary/aromatic N) is 1. The topological polar surface area (TPSA) is 108 Å². The molecule has 0 aromatic carbocycles. The summed E-state index contributed by atoms with van der Waals surface area (Å²) in [4.78, 5) is 35.5. The van der Waals surface area contributed by atoms with Crippen LogP contribution < -0.4 is 0 Å². The van der Waals surface area contributed by atoms with Crippen LogP contribution in [0.4, 0.5) is 0 Å². The Morgan fingerprint density at radius 1 is 0.516 bits per heavy atom. The van der Waals surface area contributed by atoms with Crippen molar-refractivity contribution in [3.05, 3.63) is 72.9 Å². The summed E-state index contributed by atoms with van der Waals surface area (Å²) in [6, 6.07) is 0. The van der Waals surface area contributed by atoms with Crippen molar-refractivity contribution < 1.29 is 42.1 Å². The lowest BCUT2D eigenvalue weighted by atomic mass is 10.0.